The normalized spacial score (nSPS) is 20.7. The molecule has 0 bridgehead atoms. The standard InChI is InChI=1S/C18H27N3O3.ClH/c1-11(2)16(18(24)20-9-13-8-19-10-15(13)22)21-17(23)14-7-5-4-6-12(14)3;/h4-7,11,13,15-16,19,22H,8-10H2,1-3H3,(H,20,24)(H,21,23);1H. The van der Waals surface area contributed by atoms with Gasteiger partial charge in [0, 0.05) is 31.1 Å². The van der Waals surface area contributed by atoms with E-state index >= 15 is 0 Å². The number of carbonyl (C=O) groups is 2. The van der Waals surface area contributed by atoms with Crippen molar-refractivity contribution in [3.8, 4) is 0 Å². The minimum absolute atomic E-state index is 0. The van der Waals surface area contributed by atoms with E-state index in [1.165, 1.54) is 0 Å². The van der Waals surface area contributed by atoms with Gasteiger partial charge in [-0.1, -0.05) is 32.0 Å². The highest BCUT2D eigenvalue weighted by Crippen LogP contribution is 2.11. The van der Waals surface area contributed by atoms with Crippen molar-refractivity contribution in [1.29, 1.82) is 0 Å². The van der Waals surface area contributed by atoms with Crippen LogP contribution in [-0.4, -0.2) is 48.7 Å². The second-order valence-electron chi connectivity index (χ2n) is 6.74. The molecule has 1 aromatic rings. The molecule has 0 aromatic heterocycles. The number of halogens is 1. The maximum Gasteiger partial charge on any atom is 0.252 e. The van der Waals surface area contributed by atoms with Crippen LogP contribution >= 0.6 is 12.4 Å². The number of aliphatic hydroxyl groups excluding tert-OH is 1. The lowest BCUT2D eigenvalue weighted by Gasteiger charge is -2.23. The summed E-state index contributed by atoms with van der Waals surface area (Å²) in [5.41, 5.74) is 1.45. The Morgan fingerprint density at radius 2 is 1.96 bits per heavy atom. The van der Waals surface area contributed by atoms with E-state index < -0.39 is 12.1 Å². The summed E-state index contributed by atoms with van der Waals surface area (Å²) in [5, 5.41) is 18.6. The summed E-state index contributed by atoms with van der Waals surface area (Å²) in [6.07, 6.45) is -0.440. The number of hydrogen-bond donors (Lipinski definition) is 4. The van der Waals surface area contributed by atoms with Gasteiger partial charge in [-0.2, -0.15) is 0 Å². The Kier molecular flexibility index (Phi) is 8.35. The van der Waals surface area contributed by atoms with Crippen molar-refractivity contribution in [2.24, 2.45) is 11.8 Å². The van der Waals surface area contributed by atoms with E-state index in [4.69, 9.17) is 0 Å². The Hall–Kier alpha value is -1.63. The van der Waals surface area contributed by atoms with Crippen LogP contribution in [0.3, 0.4) is 0 Å². The van der Waals surface area contributed by atoms with E-state index in [-0.39, 0.29) is 36.1 Å². The van der Waals surface area contributed by atoms with Crippen molar-refractivity contribution in [2.45, 2.75) is 32.9 Å². The third-order valence-electron chi connectivity index (χ3n) is 4.47. The summed E-state index contributed by atoms with van der Waals surface area (Å²) in [4.78, 5) is 24.9. The van der Waals surface area contributed by atoms with E-state index in [0.29, 0.717) is 25.2 Å². The van der Waals surface area contributed by atoms with Crippen LogP contribution in [0.1, 0.15) is 29.8 Å². The number of nitrogens with one attached hydrogen (secondary N) is 3. The van der Waals surface area contributed by atoms with Crippen molar-refractivity contribution in [3.05, 3.63) is 35.4 Å². The summed E-state index contributed by atoms with van der Waals surface area (Å²) in [6.45, 7) is 7.30. The Bertz CT molecular complexity index is 595. The first-order valence-electron chi connectivity index (χ1n) is 8.43. The quantitative estimate of drug-likeness (QED) is 0.599. The molecule has 1 fully saturated rings. The molecule has 7 heteroatoms. The molecule has 25 heavy (non-hydrogen) atoms. The Balaban J connectivity index is 0.00000312. The van der Waals surface area contributed by atoms with Crippen LogP contribution in [0.5, 0.6) is 0 Å². The van der Waals surface area contributed by atoms with Gasteiger partial charge < -0.3 is 21.1 Å². The maximum atomic E-state index is 12.5. The average Bonchev–Trinajstić information content (AvgIpc) is 2.95. The SMILES string of the molecule is Cc1ccccc1C(=O)NC(C(=O)NCC1CNCC1O)C(C)C.Cl. The summed E-state index contributed by atoms with van der Waals surface area (Å²) in [5.74, 6) is -0.492. The largest absolute Gasteiger partial charge is 0.391 e. The van der Waals surface area contributed by atoms with E-state index in [0.717, 1.165) is 5.56 Å². The first kappa shape index (κ1) is 21.4. The predicted octanol–water partition coefficient (Wildman–Crippen LogP) is 0.868. The van der Waals surface area contributed by atoms with E-state index in [9.17, 15) is 14.7 Å². The lowest BCUT2D eigenvalue weighted by atomic mass is 10.0. The first-order valence-corrected chi connectivity index (χ1v) is 8.43. The molecule has 0 radical (unpaired) electrons. The highest BCUT2D eigenvalue weighted by Gasteiger charge is 2.28. The molecule has 1 aliphatic heterocycles. The van der Waals surface area contributed by atoms with Crippen molar-refractivity contribution in [1.82, 2.24) is 16.0 Å². The van der Waals surface area contributed by atoms with Crippen molar-refractivity contribution in [3.63, 3.8) is 0 Å². The summed E-state index contributed by atoms with van der Waals surface area (Å²) in [6, 6.07) is 6.69. The van der Waals surface area contributed by atoms with Gasteiger partial charge in [-0.05, 0) is 24.5 Å². The highest BCUT2D eigenvalue weighted by molar-refractivity contribution is 5.98. The second kappa shape index (κ2) is 9.75. The second-order valence-corrected chi connectivity index (χ2v) is 6.74. The molecule has 4 N–H and O–H groups in total. The van der Waals surface area contributed by atoms with Crippen LogP contribution in [0.15, 0.2) is 24.3 Å². The molecule has 2 amide bonds. The zero-order valence-corrected chi connectivity index (χ0v) is 15.7. The smallest absolute Gasteiger partial charge is 0.252 e. The zero-order chi connectivity index (χ0) is 17.7. The predicted molar refractivity (Wildman–Crippen MR) is 99.9 cm³/mol. The Morgan fingerprint density at radius 1 is 1.28 bits per heavy atom. The topological polar surface area (TPSA) is 90.5 Å². The van der Waals surface area contributed by atoms with Gasteiger partial charge in [-0.25, -0.2) is 0 Å². The highest BCUT2D eigenvalue weighted by atomic mass is 35.5. The molecule has 0 aliphatic carbocycles. The molecule has 6 nitrogen and oxygen atoms in total. The van der Waals surface area contributed by atoms with E-state index in [1.54, 1.807) is 12.1 Å². The molecule has 1 saturated heterocycles. The molecular formula is C18H28ClN3O3. The van der Waals surface area contributed by atoms with Crippen LogP contribution in [0.4, 0.5) is 0 Å². The monoisotopic (exact) mass is 369 g/mol. The Morgan fingerprint density at radius 3 is 2.52 bits per heavy atom. The minimum Gasteiger partial charge on any atom is -0.391 e. The number of β-amino-alcohol motifs (C(OH)–C–C–N with tert-alkyl or cyclic N) is 1. The summed E-state index contributed by atoms with van der Waals surface area (Å²) < 4.78 is 0. The maximum absolute atomic E-state index is 12.5. The van der Waals surface area contributed by atoms with Crippen LogP contribution in [0.2, 0.25) is 0 Å². The van der Waals surface area contributed by atoms with Crippen molar-refractivity contribution >= 4 is 24.2 Å². The summed E-state index contributed by atoms with van der Waals surface area (Å²) in [7, 11) is 0. The number of hydrogen-bond acceptors (Lipinski definition) is 4. The van der Waals surface area contributed by atoms with Crippen LogP contribution in [0, 0.1) is 18.8 Å². The van der Waals surface area contributed by atoms with Gasteiger partial charge in [0.1, 0.15) is 6.04 Å². The van der Waals surface area contributed by atoms with Crippen molar-refractivity contribution in [2.75, 3.05) is 19.6 Å². The molecule has 1 aromatic carbocycles. The lowest BCUT2D eigenvalue weighted by molar-refractivity contribution is -0.124. The molecule has 3 unspecified atom stereocenters. The fourth-order valence-corrected chi connectivity index (χ4v) is 2.85. The molecule has 140 valence electrons. The number of carbonyl (C=O) groups excluding carboxylic acids is 2. The average molecular weight is 370 g/mol. The molecule has 2 rings (SSSR count). The number of aliphatic hydroxyl groups is 1. The van der Waals surface area contributed by atoms with Gasteiger partial charge in [-0.3, -0.25) is 9.59 Å². The molecule has 0 saturated carbocycles. The molecule has 3 atom stereocenters. The number of benzene rings is 1. The summed E-state index contributed by atoms with van der Waals surface area (Å²) >= 11 is 0. The van der Waals surface area contributed by atoms with Crippen LogP contribution in [0.25, 0.3) is 0 Å². The fraction of sp³-hybridized carbons (Fsp3) is 0.556. The van der Waals surface area contributed by atoms with Crippen LogP contribution in [-0.2, 0) is 4.79 Å². The lowest BCUT2D eigenvalue weighted by Crippen LogP contribution is -2.51. The van der Waals surface area contributed by atoms with Gasteiger partial charge in [0.2, 0.25) is 5.91 Å². The molecule has 1 aliphatic rings. The van der Waals surface area contributed by atoms with Crippen molar-refractivity contribution < 1.29 is 14.7 Å². The van der Waals surface area contributed by atoms with Crippen LogP contribution < -0.4 is 16.0 Å². The minimum atomic E-state index is -0.608. The fourth-order valence-electron chi connectivity index (χ4n) is 2.85. The number of aryl methyl sites for hydroxylation is 1. The zero-order valence-electron chi connectivity index (χ0n) is 14.9. The Labute approximate surface area is 155 Å². The third kappa shape index (κ3) is 5.70. The van der Waals surface area contributed by atoms with Gasteiger partial charge in [0.05, 0.1) is 6.10 Å². The van der Waals surface area contributed by atoms with Gasteiger partial charge in [0.25, 0.3) is 5.91 Å². The number of amides is 2. The van der Waals surface area contributed by atoms with Gasteiger partial charge >= 0.3 is 0 Å². The number of rotatable bonds is 6. The van der Waals surface area contributed by atoms with E-state index in [2.05, 4.69) is 16.0 Å². The third-order valence-corrected chi connectivity index (χ3v) is 4.47. The molecule has 0 spiro atoms. The molecular weight excluding hydrogens is 342 g/mol. The van der Waals surface area contributed by atoms with E-state index in [1.807, 2.05) is 32.9 Å². The molecule has 1 heterocycles. The van der Waals surface area contributed by atoms with Gasteiger partial charge in [0.15, 0.2) is 0 Å². The van der Waals surface area contributed by atoms with Gasteiger partial charge in [-0.15, -0.1) is 12.4 Å². The first-order chi connectivity index (χ1) is 11.4.